The Morgan fingerprint density at radius 1 is 1.62 bits per heavy atom. The first-order valence-corrected chi connectivity index (χ1v) is 4.51. The molecule has 0 radical (unpaired) electrons. The summed E-state index contributed by atoms with van der Waals surface area (Å²) in [6.07, 6.45) is 4.43. The van der Waals surface area contributed by atoms with E-state index < -0.39 is 0 Å². The summed E-state index contributed by atoms with van der Waals surface area (Å²) >= 11 is 5.74. The number of rotatable bonds is 2. The lowest BCUT2D eigenvalue weighted by atomic mass is 10.1. The molecule has 2 rings (SSSR count). The number of nitrogens with two attached hydrogens (primary N) is 1. The van der Waals surface area contributed by atoms with Crippen molar-refractivity contribution in [2.24, 2.45) is 0 Å². The van der Waals surface area contributed by atoms with Crippen LogP contribution in [-0.2, 0) is 0 Å². The van der Waals surface area contributed by atoms with Crippen LogP contribution in [0, 0.1) is 0 Å². The van der Waals surface area contributed by atoms with E-state index in [1.54, 1.807) is 0 Å². The minimum atomic E-state index is 0.353. The lowest BCUT2D eigenvalue weighted by molar-refractivity contribution is 0.112. The van der Waals surface area contributed by atoms with Crippen molar-refractivity contribution in [3.8, 4) is 0 Å². The van der Waals surface area contributed by atoms with Crippen LogP contribution in [0.2, 0.25) is 5.02 Å². The van der Waals surface area contributed by atoms with Crippen LogP contribution in [0.25, 0.3) is 0 Å². The van der Waals surface area contributed by atoms with Gasteiger partial charge >= 0.3 is 0 Å². The molecule has 1 aliphatic rings. The number of nitrogen functional groups attached to an aromatic ring is 1. The Labute approximate surface area is 80.9 Å². The smallest absolute Gasteiger partial charge is 0.154 e. The number of halogens is 1. The Hall–Kier alpha value is -1.09. The average Bonchev–Trinajstić information content (AvgIpc) is 2.92. The molecule has 3 nitrogen and oxygen atoms in total. The third kappa shape index (κ3) is 1.40. The maximum Gasteiger partial charge on any atom is 0.154 e. The molecule has 1 heterocycles. The molecule has 0 spiro atoms. The van der Waals surface area contributed by atoms with Crippen molar-refractivity contribution in [1.29, 1.82) is 0 Å². The molecule has 0 aliphatic heterocycles. The van der Waals surface area contributed by atoms with E-state index in [1.807, 2.05) is 0 Å². The zero-order chi connectivity index (χ0) is 9.42. The predicted octanol–water partition coefficient (Wildman–Crippen LogP) is 2.01. The molecule has 0 amide bonds. The van der Waals surface area contributed by atoms with Crippen LogP contribution in [-0.4, -0.2) is 11.3 Å². The lowest BCUT2D eigenvalue weighted by Crippen LogP contribution is -2.01. The van der Waals surface area contributed by atoms with Gasteiger partial charge in [0.15, 0.2) is 6.29 Å². The van der Waals surface area contributed by atoms with Gasteiger partial charge in [0.25, 0.3) is 0 Å². The molecule has 0 saturated heterocycles. The summed E-state index contributed by atoms with van der Waals surface area (Å²) in [7, 11) is 0. The van der Waals surface area contributed by atoms with Gasteiger partial charge in [-0.05, 0) is 12.8 Å². The Morgan fingerprint density at radius 3 is 2.85 bits per heavy atom. The number of nitrogens with zero attached hydrogens (tertiary/aromatic N) is 1. The summed E-state index contributed by atoms with van der Waals surface area (Å²) in [5.74, 6) is 0.416. The van der Waals surface area contributed by atoms with Gasteiger partial charge in [-0.1, -0.05) is 11.6 Å². The van der Waals surface area contributed by atoms with E-state index in [0.29, 0.717) is 22.2 Å². The Kier molecular flexibility index (Phi) is 1.96. The molecule has 1 aromatic rings. The van der Waals surface area contributed by atoms with Crippen LogP contribution in [0.4, 0.5) is 5.69 Å². The number of hydrogen-bond acceptors (Lipinski definition) is 3. The zero-order valence-corrected chi connectivity index (χ0v) is 7.71. The summed E-state index contributed by atoms with van der Waals surface area (Å²) in [5, 5.41) is 0.353. The van der Waals surface area contributed by atoms with Crippen molar-refractivity contribution >= 4 is 23.6 Å². The first kappa shape index (κ1) is 8.51. The van der Waals surface area contributed by atoms with Crippen LogP contribution >= 0.6 is 11.6 Å². The van der Waals surface area contributed by atoms with Crippen molar-refractivity contribution in [2.45, 2.75) is 18.8 Å². The topological polar surface area (TPSA) is 56.0 Å². The molecular formula is C9H9ClN2O. The van der Waals surface area contributed by atoms with Crippen molar-refractivity contribution in [3.05, 3.63) is 22.5 Å². The molecule has 0 atom stereocenters. The van der Waals surface area contributed by atoms with Gasteiger partial charge in [0.1, 0.15) is 0 Å². The van der Waals surface area contributed by atoms with E-state index in [-0.39, 0.29) is 0 Å². The van der Waals surface area contributed by atoms with Gasteiger partial charge in [-0.2, -0.15) is 0 Å². The van der Waals surface area contributed by atoms with E-state index >= 15 is 0 Å². The lowest BCUT2D eigenvalue weighted by Gasteiger charge is -2.05. The van der Waals surface area contributed by atoms with Crippen LogP contribution in [0.3, 0.4) is 0 Å². The van der Waals surface area contributed by atoms with Crippen LogP contribution < -0.4 is 5.73 Å². The van der Waals surface area contributed by atoms with Gasteiger partial charge in [0, 0.05) is 12.1 Å². The fourth-order valence-corrected chi connectivity index (χ4v) is 1.49. The van der Waals surface area contributed by atoms with Crippen molar-refractivity contribution in [3.63, 3.8) is 0 Å². The summed E-state index contributed by atoms with van der Waals surface area (Å²) in [6, 6.07) is 0. The highest BCUT2D eigenvalue weighted by Crippen LogP contribution is 2.42. The summed E-state index contributed by atoms with van der Waals surface area (Å²) < 4.78 is 0. The molecule has 13 heavy (non-hydrogen) atoms. The van der Waals surface area contributed by atoms with Gasteiger partial charge in [-0.3, -0.25) is 9.78 Å². The second kappa shape index (κ2) is 3.00. The van der Waals surface area contributed by atoms with Gasteiger partial charge < -0.3 is 5.73 Å². The highest BCUT2D eigenvalue weighted by atomic mass is 35.5. The molecule has 1 saturated carbocycles. The number of anilines is 1. The van der Waals surface area contributed by atoms with E-state index in [9.17, 15) is 4.79 Å². The molecule has 68 valence electrons. The van der Waals surface area contributed by atoms with E-state index in [0.717, 1.165) is 24.8 Å². The fourth-order valence-electron chi connectivity index (χ4n) is 1.34. The average molecular weight is 197 g/mol. The molecule has 1 aromatic heterocycles. The molecule has 0 bridgehead atoms. The van der Waals surface area contributed by atoms with Gasteiger partial charge in [-0.15, -0.1) is 0 Å². The second-order valence-electron chi connectivity index (χ2n) is 3.21. The molecule has 4 heteroatoms. The van der Waals surface area contributed by atoms with Gasteiger partial charge in [0.05, 0.1) is 22.0 Å². The summed E-state index contributed by atoms with van der Waals surface area (Å²) in [6.45, 7) is 0. The zero-order valence-electron chi connectivity index (χ0n) is 6.96. The van der Waals surface area contributed by atoms with Crippen LogP contribution in [0.5, 0.6) is 0 Å². The summed E-state index contributed by atoms with van der Waals surface area (Å²) in [5.41, 5.74) is 7.28. The van der Waals surface area contributed by atoms with Gasteiger partial charge in [-0.25, -0.2) is 0 Å². The SMILES string of the molecule is Nc1c(Cl)cnc(C2CC2)c1C=O. The van der Waals surface area contributed by atoms with Crippen LogP contribution in [0.15, 0.2) is 6.20 Å². The minimum absolute atomic E-state index is 0.353. The second-order valence-corrected chi connectivity index (χ2v) is 3.62. The third-order valence-electron chi connectivity index (χ3n) is 2.22. The quantitative estimate of drug-likeness (QED) is 0.737. The molecular weight excluding hydrogens is 188 g/mol. The Balaban J connectivity index is 2.56. The largest absolute Gasteiger partial charge is 0.397 e. The fraction of sp³-hybridized carbons (Fsp3) is 0.333. The highest BCUT2D eigenvalue weighted by Gasteiger charge is 2.28. The normalized spacial score (nSPS) is 15.8. The minimum Gasteiger partial charge on any atom is -0.397 e. The van der Waals surface area contributed by atoms with Gasteiger partial charge in [0.2, 0.25) is 0 Å². The maximum atomic E-state index is 10.8. The summed E-state index contributed by atoms with van der Waals surface area (Å²) in [4.78, 5) is 14.9. The molecule has 0 aromatic carbocycles. The van der Waals surface area contributed by atoms with E-state index in [4.69, 9.17) is 17.3 Å². The van der Waals surface area contributed by atoms with Crippen molar-refractivity contribution < 1.29 is 4.79 Å². The van der Waals surface area contributed by atoms with Crippen molar-refractivity contribution in [1.82, 2.24) is 4.98 Å². The monoisotopic (exact) mass is 196 g/mol. The van der Waals surface area contributed by atoms with Crippen molar-refractivity contribution in [2.75, 3.05) is 5.73 Å². The van der Waals surface area contributed by atoms with E-state index in [1.165, 1.54) is 6.20 Å². The van der Waals surface area contributed by atoms with Crippen LogP contribution in [0.1, 0.15) is 34.8 Å². The maximum absolute atomic E-state index is 10.8. The number of carbonyl (C=O) groups excluding carboxylic acids is 1. The number of aromatic nitrogens is 1. The molecule has 1 aliphatic carbocycles. The highest BCUT2D eigenvalue weighted by molar-refractivity contribution is 6.33. The van der Waals surface area contributed by atoms with E-state index in [2.05, 4.69) is 4.98 Å². The molecule has 1 fully saturated rings. The molecule has 0 unspecified atom stereocenters. The number of carbonyl (C=O) groups is 1. The first-order chi connectivity index (χ1) is 6.24. The number of pyridine rings is 1. The Morgan fingerprint density at radius 2 is 2.31 bits per heavy atom. The number of hydrogen-bond donors (Lipinski definition) is 1. The Bertz CT molecular complexity index is 361. The standard InChI is InChI=1S/C9H9ClN2O/c10-7-3-12-9(5-1-2-5)6(4-13)8(7)11/h3-5H,1-2H2,(H2,11,12). The third-order valence-corrected chi connectivity index (χ3v) is 2.52. The molecule has 2 N–H and O–H groups in total. The predicted molar refractivity (Wildman–Crippen MR) is 51.0 cm³/mol. The number of aldehydes is 1. The first-order valence-electron chi connectivity index (χ1n) is 4.13.